The zero-order chi connectivity index (χ0) is 25.1. The van der Waals surface area contributed by atoms with Gasteiger partial charge < -0.3 is 19.2 Å². The van der Waals surface area contributed by atoms with E-state index in [1.54, 1.807) is 33.2 Å². The molecule has 0 saturated carbocycles. The Balaban J connectivity index is 1.44. The molecule has 7 heteroatoms. The van der Waals surface area contributed by atoms with Gasteiger partial charge in [0.15, 0.2) is 0 Å². The van der Waals surface area contributed by atoms with Crippen LogP contribution in [0.2, 0.25) is 0 Å². The van der Waals surface area contributed by atoms with E-state index in [-0.39, 0.29) is 31.0 Å². The van der Waals surface area contributed by atoms with Crippen molar-refractivity contribution in [2.75, 3.05) is 27.3 Å². The maximum Gasteiger partial charge on any atom is 0.410 e. The molecule has 7 nitrogen and oxygen atoms in total. The number of aliphatic hydroxyl groups excluding tert-OH is 1. The first-order chi connectivity index (χ1) is 16.8. The molecule has 4 rings (SSSR count). The second-order valence-electron chi connectivity index (χ2n) is 9.16. The van der Waals surface area contributed by atoms with Crippen molar-refractivity contribution in [3.8, 4) is 11.1 Å². The number of rotatable bonds is 8. The van der Waals surface area contributed by atoms with Crippen LogP contribution in [0.4, 0.5) is 4.79 Å². The summed E-state index contributed by atoms with van der Waals surface area (Å²) in [7, 11) is 3.22. The molecule has 0 radical (unpaired) electrons. The molecular weight excluding hydrogens is 444 g/mol. The summed E-state index contributed by atoms with van der Waals surface area (Å²) in [6.45, 7) is 3.59. The van der Waals surface area contributed by atoms with E-state index in [9.17, 15) is 14.7 Å². The van der Waals surface area contributed by atoms with Gasteiger partial charge in [0.05, 0.1) is 12.3 Å². The van der Waals surface area contributed by atoms with Crippen LogP contribution < -0.4 is 0 Å². The Morgan fingerprint density at radius 3 is 2.09 bits per heavy atom. The van der Waals surface area contributed by atoms with Crippen LogP contribution in [0.5, 0.6) is 0 Å². The number of hydrogen-bond acceptors (Lipinski definition) is 5. The van der Waals surface area contributed by atoms with E-state index >= 15 is 0 Å². The molecule has 0 aliphatic heterocycles. The van der Waals surface area contributed by atoms with Crippen LogP contribution in [0.1, 0.15) is 42.7 Å². The number of furan rings is 1. The highest BCUT2D eigenvalue weighted by Crippen LogP contribution is 2.44. The van der Waals surface area contributed by atoms with Crippen LogP contribution in [-0.4, -0.2) is 60.3 Å². The summed E-state index contributed by atoms with van der Waals surface area (Å²) >= 11 is 0. The van der Waals surface area contributed by atoms with Gasteiger partial charge in [-0.1, -0.05) is 55.5 Å². The van der Waals surface area contributed by atoms with E-state index in [1.165, 1.54) is 16.1 Å². The van der Waals surface area contributed by atoms with Crippen molar-refractivity contribution < 1.29 is 23.8 Å². The number of aliphatic hydroxyl groups is 1. The fraction of sp³-hybridized carbons (Fsp3) is 0.357. The minimum Gasteiger partial charge on any atom is -0.467 e. The van der Waals surface area contributed by atoms with E-state index < -0.39 is 18.2 Å². The molecule has 184 valence electrons. The fourth-order valence-corrected chi connectivity index (χ4v) is 4.86. The molecular formula is C28H32N2O5. The highest BCUT2D eigenvalue weighted by Gasteiger charge is 2.35. The summed E-state index contributed by atoms with van der Waals surface area (Å²) in [5.41, 5.74) is 4.58. The Labute approximate surface area is 205 Å². The molecule has 1 aliphatic carbocycles. The summed E-state index contributed by atoms with van der Waals surface area (Å²) in [6.07, 6.45) is 0.975. The Bertz CT molecular complexity index is 1130. The molecule has 3 atom stereocenters. The fourth-order valence-electron chi connectivity index (χ4n) is 4.86. The lowest BCUT2D eigenvalue weighted by Crippen LogP contribution is -2.48. The first kappa shape index (κ1) is 24.5. The molecule has 0 fully saturated rings. The van der Waals surface area contributed by atoms with Crippen LogP contribution >= 0.6 is 0 Å². The summed E-state index contributed by atoms with van der Waals surface area (Å²) in [5.74, 6) is 0.00494. The predicted molar refractivity (Wildman–Crippen MR) is 133 cm³/mol. The van der Waals surface area contributed by atoms with Crippen LogP contribution in [0.25, 0.3) is 11.1 Å². The summed E-state index contributed by atoms with van der Waals surface area (Å²) in [5, 5.41) is 9.72. The van der Waals surface area contributed by atoms with E-state index in [0.717, 1.165) is 22.3 Å². The van der Waals surface area contributed by atoms with Gasteiger partial charge in [0.25, 0.3) is 0 Å². The first-order valence-electron chi connectivity index (χ1n) is 11.8. The van der Waals surface area contributed by atoms with Gasteiger partial charge in [0.2, 0.25) is 5.91 Å². The second kappa shape index (κ2) is 10.4. The largest absolute Gasteiger partial charge is 0.467 e. The monoisotopic (exact) mass is 476 g/mol. The van der Waals surface area contributed by atoms with Crippen molar-refractivity contribution in [1.82, 2.24) is 9.80 Å². The van der Waals surface area contributed by atoms with Crippen molar-refractivity contribution in [3.63, 3.8) is 0 Å². The lowest BCUT2D eigenvalue weighted by Gasteiger charge is -2.34. The highest BCUT2D eigenvalue weighted by atomic mass is 16.6. The van der Waals surface area contributed by atoms with Gasteiger partial charge in [-0.2, -0.15) is 0 Å². The summed E-state index contributed by atoms with van der Waals surface area (Å²) < 4.78 is 11.2. The van der Waals surface area contributed by atoms with E-state index in [2.05, 4.69) is 24.3 Å². The van der Waals surface area contributed by atoms with Crippen LogP contribution in [0, 0.1) is 5.92 Å². The molecule has 0 bridgehead atoms. The van der Waals surface area contributed by atoms with Gasteiger partial charge in [0.1, 0.15) is 18.4 Å². The van der Waals surface area contributed by atoms with Gasteiger partial charge in [-0.25, -0.2) is 4.79 Å². The van der Waals surface area contributed by atoms with Crippen LogP contribution in [0.15, 0.2) is 71.3 Å². The third-order valence-electron chi connectivity index (χ3n) is 6.99. The van der Waals surface area contributed by atoms with Gasteiger partial charge in [-0.05, 0) is 41.3 Å². The topological polar surface area (TPSA) is 83.2 Å². The minimum absolute atomic E-state index is 0.0535. The molecule has 35 heavy (non-hydrogen) atoms. The maximum atomic E-state index is 13.3. The van der Waals surface area contributed by atoms with Gasteiger partial charge in [0, 0.05) is 32.5 Å². The van der Waals surface area contributed by atoms with Gasteiger partial charge in [-0.15, -0.1) is 0 Å². The number of amides is 2. The average molecular weight is 477 g/mol. The molecule has 3 aromatic rings. The molecule has 1 heterocycles. The summed E-state index contributed by atoms with van der Waals surface area (Å²) in [4.78, 5) is 29.1. The number of benzene rings is 2. The van der Waals surface area contributed by atoms with Crippen molar-refractivity contribution in [3.05, 3.63) is 83.8 Å². The molecule has 0 saturated heterocycles. The molecule has 1 unspecified atom stereocenters. The van der Waals surface area contributed by atoms with E-state index in [0.29, 0.717) is 5.76 Å². The number of hydrogen-bond donors (Lipinski definition) is 1. The maximum absolute atomic E-state index is 13.3. The standard InChI is InChI=1S/C28H32N2O5/c1-18(16-31)26(25-14-9-15-34-25)30(4)27(32)19(2)29(3)28(33)35-17-24-22-12-7-5-10-20(22)21-11-6-8-13-23(21)24/h5-15,18-19,24,26,31H,16-17H2,1-4H3/t18-,19-,26?/m1/s1. The molecule has 2 amide bonds. The van der Waals surface area contributed by atoms with Crippen molar-refractivity contribution >= 4 is 12.0 Å². The molecule has 0 spiro atoms. The summed E-state index contributed by atoms with van der Waals surface area (Å²) in [6, 6.07) is 18.6. The van der Waals surface area contributed by atoms with E-state index in [1.807, 2.05) is 31.2 Å². The number of carbonyl (C=O) groups is 2. The Hall–Kier alpha value is -3.58. The third kappa shape index (κ3) is 4.68. The number of ether oxygens (including phenoxy) is 1. The molecule has 2 aromatic carbocycles. The first-order valence-corrected chi connectivity index (χ1v) is 11.8. The Morgan fingerprint density at radius 2 is 1.54 bits per heavy atom. The lowest BCUT2D eigenvalue weighted by atomic mass is 9.98. The van der Waals surface area contributed by atoms with Gasteiger partial charge in [-0.3, -0.25) is 9.69 Å². The normalized spacial score (nSPS) is 15.0. The van der Waals surface area contributed by atoms with E-state index in [4.69, 9.17) is 9.15 Å². The Morgan fingerprint density at radius 1 is 0.943 bits per heavy atom. The number of nitrogens with zero attached hydrogens (tertiary/aromatic N) is 2. The van der Waals surface area contributed by atoms with Crippen LogP contribution in [-0.2, 0) is 9.53 Å². The molecule has 1 N–H and O–H groups in total. The number of carbonyl (C=O) groups excluding carboxylic acids is 2. The second-order valence-corrected chi connectivity index (χ2v) is 9.16. The smallest absolute Gasteiger partial charge is 0.410 e. The van der Waals surface area contributed by atoms with Crippen molar-refractivity contribution in [2.24, 2.45) is 5.92 Å². The number of fused-ring (bicyclic) bond motifs is 3. The highest BCUT2D eigenvalue weighted by molar-refractivity contribution is 5.85. The minimum atomic E-state index is -0.765. The zero-order valence-electron chi connectivity index (χ0n) is 20.5. The average Bonchev–Trinajstić information content (AvgIpc) is 3.52. The molecule has 1 aliphatic rings. The third-order valence-corrected chi connectivity index (χ3v) is 6.99. The van der Waals surface area contributed by atoms with Crippen molar-refractivity contribution in [1.29, 1.82) is 0 Å². The molecule has 1 aromatic heterocycles. The predicted octanol–water partition coefficient (Wildman–Crippen LogP) is 4.68. The SMILES string of the molecule is C[C@H](CO)C(c1ccco1)N(C)C(=O)[C@@H](C)N(C)C(=O)OCC1c2ccccc2-c2ccccc21. The van der Waals surface area contributed by atoms with Crippen LogP contribution in [0.3, 0.4) is 0 Å². The van der Waals surface area contributed by atoms with Gasteiger partial charge >= 0.3 is 6.09 Å². The quantitative estimate of drug-likeness (QED) is 0.511. The Kier molecular flexibility index (Phi) is 7.26. The van der Waals surface area contributed by atoms with Crippen molar-refractivity contribution in [2.45, 2.75) is 31.8 Å². The number of likely N-dealkylation sites (N-methyl/N-ethyl adjacent to an activating group) is 2. The zero-order valence-corrected chi connectivity index (χ0v) is 20.5. The lowest BCUT2D eigenvalue weighted by molar-refractivity contribution is -0.138.